The highest BCUT2D eigenvalue weighted by Gasteiger charge is 2.43. The minimum Gasteiger partial charge on any atom is -0.506 e. The van der Waals surface area contributed by atoms with Gasteiger partial charge in [0.05, 0.1) is 28.0 Å². The van der Waals surface area contributed by atoms with Gasteiger partial charge in [-0.2, -0.15) is 0 Å². The van der Waals surface area contributed by atoms with E-state index in [0.29, 0.717) is 16.5 Å². The van der Waals surface area contributed by atoms with Crippen LogP contribution in [0.5, 0.6) is 5.75 Å². The Labute approximate surface area is 194 Å². The van der Waals surface area contributed by atoms with Crippen LogP contribution in [0.4, 0.5) is 11.4 Å². The lowest BCUT2D eigenvalue weighted by molar-refractivity contribution is -0.384. The molecule has 2 N–H and O–H groups in total. The number of hydrogen-bond donors (Lipinski definition) is 2. The second kappa shape index (κ2) is 8.36. The summed E-state index contributed by atoms with van der Waals surface area (Å²) in [7, 11) is 0. The molecule has 3 heterocycles. The van der Waals surface area contributed by atoms with E-state index in [1.54, 1.807) is 30.5 Å². The van der Waals surface area contributed by atoms with E-state index in [9.17, 15) is 15.2 Å². The molecule has 1 fully saturated rings. The Morgan fingerprint density at radius 3 is 2.61 bits per heavy atom. The molecule has 9 heteroatoms. The zero-order valence-electron chi connectivity index (χ0n) is 17.3. The SMILES string of the molecule is O=[N+]([O-])c1cccc(-n2cccc2[C@@H]2[C@@H](c3ccccn3)NC(=S)N2c2ccccc2O)c1. The number of anilines is 1. The first-order valence-electron chi connectivity index (χ1n) is 10.3. The predicted molar refractivity (Wildman–Crippen MR) is 128 cm³/mol. The maximum Gasteiger partial charge on any atom is 0.271 e. The molecule has 0 bridgehead atoms. The summed E-state index contributed by atoms with van der Waals surface area (Å²) in [5, 5.41) is 25.8. The number of nitro groups is 1. The fraction of sp³-hybridized carbons (Fsp3) is 0.0833. The number of aromatic hydroxyl groups is 1. The van der Waals surface area contributed by atoms with Crippen LogP contribution >= 0.6 is 12.2 Å². The van der Waals surface area contributed by atoms with E-state index in [2.05, 4.69) is 10.3 Å². The topological polar surface area (TPSA) is 96.5 Å². The van der Waals surface area contributed by atoms with Crippen molar-refractivity contribution in [2.24, 2.45) is 0 Å². The first kappa shape index (κ1) is 20.7. The van der Waals surface area contributed by atoms with Crippen LogP contribution in [0.3, 0.4) is 0 Å². The molecular formula is C24H19N5O3S. The molecule has 5 rings (SSSR count). The van der Waals surface area contributed by atoms with Crippen LogP contribution in [0.15, 0.2) is 91.3 Å². The molecule has 33 heavy (non-hydrogen) atoms. The number of para-hydroxylation sites is 2. The number of hydrogen-bond acceptors (Lipinski definition) is 5. The number of thiocarbonyl (C=S) groups is 1. The Balaban J connectivity index is 1.68. The van der Waals surface area contributed by atoms with E-state index >= 15 is 0 Å². The first-order valence-corrected chi connectivity index (χ1v) is 10.7. The van der Waals surface area contributed by atoms with Gasteiger partial charge >= 0.3 is 0 Å². The van der Waals surface area contributed by atoms with E-state index in [0.717, 1.165) is 11.4 Å². The van der Waals surface area contributed by atoms with Crippen LogP contribution in [0.2, 0.25) is 0 Å². The van der Waals surface area contributed by atoms with Crippen molar-refractivity contribution in [1.82, 2.24) is 14.9 Å². The van der Waals surface area contributed by atoms with Gasteiger partial charge in [0.1, 0.15) is 11.8 Å². The van der Waals surface area contributed by atoms with Crippen molar-refractivity contribution in [1.29, 1.82) is 0 Å². The quantitative estimate of drug-likeness (QED) is 0.256. The molecule has 2 aromatic heterocycles. The molecule has 0 unspecified atom stereocenters. The number of nitrogens with zero attached hydrogens (tertiary/aromatic N) is 4. The molecule has 0 aliphatic carbocycles. The fourth-order valence-corrected chi connectivity index (χ4v) is 4.55. The summed E-state index contributed by atoms with van der Waals surface area (Å²) in [5.74, 6) is 0.0989. The molecule has 0 spiro atoms. The van der Waals surface area contributed by atoms with Crippen LogP contribution in [0.25, 0.3) is 5.69 Å². The predicted octanol–water partition coefficient (Wildman–Crippen LogP) is 4.66. The number of phenols is 1. The number of nitro benzene ring substituents is 1. The number of nitrogens with one attached hydrogen (secondary N) is 1. The minimum atomic E-state index is -0.413. The van der Waals surface area contributed by atoms with Crippen molar-refractivity contribution in [3.05, 3.63) is 113 Å². The van der Waals surface area contributed by atoms with Crippen LogP contribution in [0.1, 0.15) is 23.5 Å². The first-order chi connectivity index (χ1) is 16.0. The van der Waals surface area contributed by atoms with Gasteiger partial charge in [-0.15, -0.1) is 0 Å². The zero-order chi connectivity index (χ0) is 22.9. The van der Waals surface area contributed by atoms with E-state index in [1.807, 2.05) is 58.1 Å². The van der Waals surface area contributed by atoms with Crippen molar-refractivity contribution < 1.29 is 10.0 Å². The normalized spacial score (nSPS) is 17.7. The smallest absolute Gasteiger partial charge is 0.271 e. The Kier molecular flexibility index (Phi) is 5.23. The highest BCUT2D eigenvalue weighted by Crippen LogP contribution is 2.44. The number of non-ortho nitro benzene ring substituents is 1. The number of rotatable bonds is 5. The molecule has 0 radical (unpaired) electrons. The van der Waals surface area contributed by atoms with E-state index in [4.69, 9.17) is 12.2 Å². The Hall–Kier alpha value is -4.24. The maximum atomic E-state index is 11.3. The van der Waals surface area contributed by atoms with Gasteiger partial charge < -0.3 is 19.9 Å². The molecule has 164 valence electrons. The molecule has 2 atom stereocenters. The molecule has 1 saturated heterocycles. The summed E-state index contributed by atoms with van der Waals surface area (Å²) in [6, 6.07) is 22.3. The molecule has 4 aromatic rings. The molecule has 1 aliphatic rings. The highest BCUT2D eigenvalue weighted by atomic mass is 32.1. The second-order valence-corrected chi connectivity index (χ2v) is 7.95. The molecule has 1 aliphatic heterocycles. The fourth-order valence-electron chi connectivity index (χ4n) is 4.21. The Morgan fingerprint density at radius 1 is 1.03 bits per heavy atom. The van der Waals surface area contributed by atoms with Gasteiger partial charge in [-0.1, -0.05) is 24.3 Å². The van der Waals surface area contributed by atoms with E-state index in [1.165, 1.54) is 12.1 Å². The standard InChI is InChI=1S/C24H19N5O3S/c30-21-12-2-1-10-19(21)28-23(22(26-24(28)33)18-9-3-4-13-25-18)20-11-6-14-27(20)16-7-5-8-17(15-16)29(31)32/h1-15,22-23,30H,(H,26,33)/t22-,23-/m1/s1. The van der Waals surface area contributed by atoms with E-state index < -0.39 is 4.92 Å². The van der Waals surface area contributed by atoms with E-state index in [-0.39, 0.29) is 23.5 Å². The monoisotopic (exact) mass is 457 g/mol. The third-order valence-electron chi connectivity index (χ3n) is 5.64. The molecule has 8 nitrogen and oxygen atoms in total. The van der Waals surface area contributed by atoms with Crippen molar-refractivity contribution in [2.45, 2.75) is 12.1 Å². The summed E-state index contributed by atoms with van der Waals surface area (Å²) < 4.78 is 1.90. The number of benzene rings is 2. The van der Waals surface area contributed by atoms with Crippen LogP contribution in [0, 0.1) is 10.1 Å². The molecule has 0 amide bonds. The molecule has 0 saturated carbocycles. The average molecular weight is 458 g/mol. The molecular weight excluding hydrogens is 438 g/mol. The zero-order valence-corrected chi connectivity index (χ0v) is 18.1. The minimum absolute atomic E-state index is 0.00561. The lowest BCUT2D eigenvalue weighted by Crippen LogP contribution is -2.30. The van der Waals surface area contributed by atoms with Gasteiger partial charge in [0.15, 0.2) is 5.11 Å². The maximum absolute atomic E-state index is 11.3. The average Bonchev–Trinajstić information content (AvgIpc) is 3.44. The number of aromatic nitrogens is 2. The van der Waals surface area contributed by atoms with Gasteiger partial charge in [0.25, 0.3) is 5.69 Å². The lowest BCUT2D eigenvalue weighted by Gasteiger charge is -2.29. The lowest BCUT2D eigenvalue weighted by atomic mass is 10.0. The summed E-state index contributed by atoms with van der Waals surface area (Å²) in [5.41, 5.74) is 2.84. The summed E-state index contributed by atoms with van der Waals surface area (Å²) >= 11 is 5.70. The van der Waals surface area contributed by atoms with Crippen molar-refractivity contribution in [3.63, 3.8) is 0 Å². The summed E-state index contributed by atoms with van der Waals surface area (Å²) in [4.78, 5) is 17.3. The van der Waals surface area contributed by atoms with Gasteiger partial charge in [-0.05, 0) is 54.7 Å². The third-order valence-corrected chi connectivity index (χ3v) is 5.96. The van der Waals surface area contributed by atoms with Gasteiger partial charge in [0, 0.05) is 30.2 Å². The van der Waals surface area contributed by atoms with Crippen LogP contribution in [-0.4, -0.2) is 24.7 Å². The largest absolute Gasteiger partial charge is 0.506 e. The number of pyridine rings is 1. The summed E-state index contributed by atoms with van der Waals surface area (Å²) in [6.07, 6.45) is 3.58. The molecule has 2 aromatic carbocycles. The highest BCUT2D eigenvalue weighted by molar-refractivity contribution is 7.80. The second-order valence-electron chi connectivity index (χ2n) is 7.57. The number of phenolic OH excluding ortho intramolecular Hbond substituents is 1. The Morgan fingerprint density at radius 2 is 1.85 bits per heavy atom. The van der Waals surface area contributed by atoms with Crippen molar-refractivity contribution in [2.75, 3.05) is 4.90 Å². The van der Waals surface area contributed by atoms with Crippen molar-refractivity contribution in [3.8, 4) is 11.4 Å². The van der Waals surface area contributed by atoms with Crippen molar-refractivity contribution >= 4 is 28.7 Å². The summed E-state index contributed by atoms with van der Waals surface area (Å²) in [6.45, 7) is 0. The van der Waals surface area contributed by atoms with Gasteiger partial charge in [0.2, 0.25) is 0 Å². The third kappa shape index (κ3) is 3.68. The Bertz CT molecular complexity index is 1340. The van der Waals surface area contributed by atoms with Gasteiger partial charge in [-0.3, -0.25) is 15.1 Å². The van der Waals surface area contributed by atoms with Gasteiger partial charge in [-0.25, -0.2) is 0 Å². The van der Waals surface area contributed by atoms with Crippen LogP contribution < -0.4 is 10.2 Å². The van der Waals surface area contributed by atoms with Crippen LogP contribution in [-0.2, 0) is 0 Å².